The summed E-state index contributed by atoms with van der Waals surface area (Å²) in [6.45, 7) is 0. The highest BCUT2D eigenvalue weighted by atomic mass is 35.5. The summed E-state index contributed by atoms with van der Waals surface area (Å²) in [5, 5.41) is 12.4. The summed E-state index contributed by atoms with van der Waals surface area (Å²) in [6, 6.07) is 11.8. The van der Waals surface area contributed by atoms with Crippen LogP contribution in [0.1, 0.15) is 12.2 Å². The molecule has 1 aliphatic heterocycles. The molecule has 1 amide bonds. The Kier molecular flexibility index (Phi) is 5.16. The van der Waals surface area contributed by atoms with E-state index in [0.717, 1.165) is 5.56 Å². The molecule has 2 heterocycles. The Hall–Kier alpha value is -2.56. The molecule has 1 N–H and O–H groups in total. The maximum atomic E-state index is 12.2. The fraction of sp³-hybridized carbons (Fsp3) is 0.222. The minimum atomic E-state index is -3.11. The predicted octanol–water partition coefficient (Wildman–Crippen LogP) is 2.81. The number of furan rings is 1. The van der Waals surface area contributed by atoms with Gasteiger partial charge in [0.1, 0.15) is 23.2 Å². The molecule has 8 heteroatoms. The number of nitrogens with zero attached hydrogens (tertiary/aromatic N) is 1. The average Bonchev–Trinajstić information content (AvgIpc) is 3.19. The van der Waals surface area contributed by atoms with Crippen LogP contribution in [0, 0.1) is 11.3 Å². The van der Waals surface area contributed by atoms with Gasteiger partial charge in [0.05, 0.1) is 11.5 Å². The van der Waals surface area contributed by atoms with Crippen LogP contribution in [0.2, 0.25) is 5.02 Å². The van der Waals surface area contributed by atoms with E-state index >= 15 is 0 Å². The van der Waals surface area contributed by atoms with Gasteiger partial charge in [0.25, 0.3) is 5.91 Å². The average molecular weight is 391 g/mol. The molecular weight excluding hydrogens is 376 g/mol. The first-order valence-corrected chi connectivity index (χ1v) is 10.0. The zero-order chi connectivity index (χ0) is 18.7. The lowest BCUT2D eigenvalue weighted by molar-refractivity contribution is -0.117. The lowest BCUT2D eigenvalue weighted by Gasteiger charge is -2.09. The summed E-state index contributed by atoms with van der Waals surface area (Å²) in [6.07, 6.45) is 1.69. The van der Waals surface area contributed by atoms with Crippen LogP contribution in [0.15, 0.2) is 46.4 Å². The van der Waals surface area contributed by atoms with Crippen molar-refractivity contribution in [3.63, 3.8) is 0 Å². The normalized spacial score (nSPS) is 19.1. The van der Waals surface area contributed by atoms with E-state index < -0.39 is 21.8 Å². The summed E-state index contributed by atoms with van der Waals surface area (Å²) in [5.41, 5.74) is 0.666. The highest BCUT2D eigenvalue weighted by Crippen LogP contribution is 2.25. The van der Waals surface area contributed by atoms with Gasteiger partial charge in [-0.2, -0.15) is 5.26 Å². The Morgan fingerprint density at radius 3 is 2.62 bits per heavy atom. The van der Waals surface area contributed by atoms with Gasteiger partial charge in [0.2, 0.25) is 0 Å². The number of amides is 1. The van der Waals surface area contributed by atoms with Gasteiger partial charge >= 0.3 is 0 Å². The Morgan fingerprint density at radius 2 is 2.00 bits per heavy atom. The quantitative estimate of drug-likeness (QED) is 0.639. The second-order valence-corrected chi connectivity index (χ2v) is 8.62. The van der Waals surface area contributed by atoms with E-state index in [2.05, 4.69) is 5.32 Å². The van der Waals surface area contributed by atoms with E-state index in [-0.39, 0.29) is 17.1 Å². The van der Waals surface area contributed by atoms with E-state index in [0.29, 0.717) is 23.0 Å². The Morgan fingerprint density at radius 1 is 1.27 bits per heavy atom. The molecule has 2 aromatic rings. The first-order chi connectivity index (χ1) is 12.4. The summed E-state index contributed by atoms with van der Waals surface area (Å²) in [5.74, 6) is 0.262. The third kappa shape index (κ3) is 4.34. The lowest BCUT2D eigenvalue weighted by atomic mass is 10.2. The molecule has 0 unspecified atom stereocenters. The molecule has 3 rings (SSSR count). The number of hydrogen-bond donors (Lipinski definition) is 1. The number of hydrogen-bond acceptors (Lipinski definition) is 5. The van der Waals surface area contributed by atoms with Crippen LogP contribution in [-0.4, -0.2) is 31.9 Å². The Labute approximate surface area is 156 Å². The van der Waals surface area contributed by atoms with Gasteiger partial charge in [-0.25, -0.2) is 8.42 Å². The number of nitriles is 1. The summed E-state index contributed by atoms with van der Waals surface area (Å²) < 4.78 is 28.6. The SMILES string of the molecule is N#C/C(=C\c1ccc(-c2ccc(Cl)cc2)o1)C(=O)N[C@@H]1CCS(=O)(=O)C1. The molecule has 0 saturated carbocycles. The van der Waals surface area contributed by atoms with Crippen molar-refractivity contribution in [2.75, 3.05) is 11.5 Å². The minimum Gasteiger partial charge on any atom is -0.457 e. The molecule has 0 radical (unpaired) electrons. The van der Waals surface area contributed by atoms with Gasteiger partial charge in [-0.15, -0.1) is 0 Å². The summed E-state index contributed by atoms with van der Waals surface area (Å²) in [7, 11) is -3.11. The fourth-order valence-electron chi connectivity index (χ4n) is 2.66. The van der Waals surface area contributed by atoms with Crippen LogP contribution in [0.4, 0.5) is 0 Å². The molecule has 26 heavy (non-hydrogen) atoms. The van der Waals surface area contributed by atoms with E-state index in [1.54, 1.807) is 36.4 Å². The standard InChI is InChI=1S/C18H15ClN2O4S/c19-14-3-1-12(2-4-14)17-6-5-16(25-17)9-13(10-20)18(22)21-15-7-8-26(23,24)11-15/h1-6,9,15H,7-8,11H2,(H,21,22)/b13-9+/t15-/m1/s1. The minimum absolute atomic E-state index is 0.0478. The summed E-state index contributed by atoms with van der Waals surface area (Å²) in [4.78, 5) is 12.2. The van der Waals surface area contributed by atoms with Crippen molar-refractivity contribution in [3.05, 3.63) is 52.8 Å². The van der Waals surface area contributed by atoms with Crippen LogP contribution >= 0.6 is 11.6 Å². The maximum Gasteiger partial charge on any atom is 0.262 e. The van der Waals surface area contributed by atoms with Gasteiger partial charge in [0, 0.05) is 22.7 Å². The molecule has 1 saturated heterocycles. The zero-order valence-electron chi connectivity index (χ0n) is 13.6. The smallest absolute Gasteiger partial charge is 0.262 e. The van der Waals surface area contributed by atoms with Crippen LogP contribution in [-0.2, 0) is 14.6 Å². The highest BCUT2D eigenvalue weighted by Gasteiger charge is 2.29. The van der Waals surface area contributed by atoms with Crippen molar-refractivity contribution < 1.29 is 17.6 Å². The number of benzene rings is 1. The third-order valence-corrected chi connectivity index (χ3v) is 5.99. The van der Waals surface area contributed by atoms with E-state index in [1.165, 1.54) is 6.08 Å². The van der Waals surface area contributed by atoms with Gasteiger partial charge in [-0.3, -0.25) is 4.79 Å². The van der Waals surface area contributed by atoms with Gasteiger partial charge < -0.3 is 9.73 Å². The van der Waals surface area contributed by atoms with Gasteiger partial charge in [-0.05, 0) is 42.8 Å². The molecule has 0 aliphatic carbocycles. The van der Waals surface area contributed by atoms with Crippen molar-refractivity contribution in [2.24, 2.45) is 0 Å². The van der Waals surface area contributed by atoms with Crippen LogP contribution in [0.3, 0.4) is 0 Å². The van der Waals surface area contributed by atoms with Crippen molar-refractivity contribution in [3.8, 4) is 17.4 Å². The summed E-state index contributed by atoms with van der Waals surface area (Å²) >= 11 is 5.86. The molecule has 1 aromatic heterocycles. The molecule has 6 nitrogen and oxygen atoms in total. The topological polar surface area (TPSA) is 100 Å². The molecule has 0 bridgehead atoms. The van der Waals surface area contributed by atoms with Gasteiger partial charge in [-0.1, -0.05) is 11.6 Å². The van der Waals surface area contributed by atoms with Gasteiger partial charge in [0.15, 0.2) is 9.84 Å². The predicted molar refractivity (Wildman–Crippen MR) is 97.9 cm³/mol. The number of carbonyl (C=O) groups is 1. The number of nitrogens with one attached hydrogen (secondary N) is 1. The van der Waals surface area contributed by atoms with Crippen molar-refractivity contribution >= 4 is 33.4 Å². The van der Waals surface area contributed by atoms with Crippen LogP contribution in [0.25, 0.3) is 17.4 Å². The Bertz CT molecular complexity index is 1000. The molecule has 1 atom stereocenters. The first kappa shape index (κ1) is 18.2. The maximum absolute atomic E-state index is 12.2. The molecule has 1 aromatic carbocycles. The molecule has 0 spiro atoms. The number of rotatable bonds is 4. The molecule has 134 valence electrons. The van der Waals surface area contributed by atoms with E-state index in [4.69, 9.17) is 16.0 Å². The van der Waals surface area contributed by atoms with Crippen molar-refractivity contribution in [1.82, 2.24) is 5.32 Å². The second-order valence-electron chi connectivity index (χ2n) is 5.95. The van der Waals surface area contributed by atoms with Crippen LogP contribution in [0.5, 0.6) is 0 Å². The third-order valence-electron chi connectivity index (χ3n) is 3.97. The van der Waals surface area contributed by atoms with Crippen molar-refractivity contribution in [2.45, 2.75) is 12.5 Å². The molecule has 1 fully saturated rings. The van der Waals surface area contributed by atoms with E-state index in [1.807, 2.05) is 6.07 Å². The highest BCUT2D eigenvalue weighted by molar-refractivity contribution is 7.91. The first-order valence-electron chi connectivity index (χ1n) is 7.85. The largest absolute Gasteiger partial charge is 0.457 e. The number of halogens is 1. The zero-order valence-corrected chi connectivity index (χ0v) is 15.2. The van der Waals surface area contributed by atoms with Crippen LogP contribution < -0.4 is 5.32 Å². The second kappa shape index (κ2) is 7.36. The van der Waals surface area contributed by atoms with E-state index in [9.17, 15) is 18.5 Å². The number of sulfone groups is 1. The molecule has 1 aliphatic rings. The lowest BCUT2D eigenvalue weighted by Crippen LogP contribution is -2.36. The monoisotopic (exact) mass is 390 g/mol. The fourth-order valence-corrected chi connectivity index (χ4v) is 4.46. The Balaban J connectivity index is 1.74. The molecular formula is C18H15ClN2O4S. The van der Waals surface area contributed by atoms with Crippen molar-refractivity contribution in [1.29, 1.82) is 5.26 Å². The number of carbonyl (C=O) groups excluding carboxylic acids is 1.